The van der Waals surface area contributed by atoms with Crippen LogP contribution in [0.2, 0.25) is 10.6 Å². The summed E-state index contributed by atoms with van der Waals surface area (Å²) in [7, 11) is 4.94. The Morgan fingerprint density at radius 1 is 0.706 bits per heavy atom. The van der Waals surface area contributed by atoms with Crippen molar-refractivity contribution in [2.75, 3.05) is 0 Å². The van der Waals surface area contributed by atoms with E-state index in [2.05, 4.69) is 78.0 Å². The van der Waals surface area contributed by atoms with Crippen LogP contribution < -0.4 is 0 Å². The van der Waals surface area contributed by atoms with E-state index in [1.165, 1.54) is 0 Å². The average molecular weight is 234 g/mol. The van der Waals surface area contributed by atoms with Crippen molar-refractivity contribution in [3.05, 3.63) is 0 Å². The summed E-state index contributed by atoms with van der Waals surface area (Å²) in [6, 6.07) is 0. The predicted molar refractivity (Wildman–Crippen MR) is 84.3 cm³/mol. The minimum absolute atomic E-state index is 0.319. The molecule has 0 heterocycles. The van der Waals surface area contributed by atoms with Crippen molar-refractivity contribution in [1.82, 2.24) is 0 Å². The first-order chi connectivity index (χ1) is 7.15. The molecule has 3 unspecified atom stereocenters. The van der Waals surface area contributed by atoms with Crippen LogP contribution >= 0.6 is 0 Å². The maximum absolute atomic E-state index is 2.47. The topological polar surface area (TPSA) is 0 Å². The lowest BCUT2D eigenvalue weighted by atomic mass is 9.24. The highest BCUT2D eigenvalue weighted by atomic mass is 14.7. The first-order valence-corrected chi connectivity index (χ1v) is 7.15. The molecule has 1 saturated carbocycles. The zero-order chi connectivity index (χ0) is 14.1. The lowest BCUT2D eigenvalue weighted by Crippen LogP contribution is -2.62. The van der Waals surface area contributed by atoms with Crippen LogP contribution in [0.1, 0.15) is 62.3 Å². The molecular weight excluding hydrogens is 202 g/mol. The summed E-state index contributed by atoms with van der Waals surface area (Å²) in [5, 5.41) is 0.676. The predicted octanol–water partition coefficient (Wildman–Crippen LogP) is 3.34. The lowest BCUT2D eigenvalue weighted by molar-refractivity contribution is -0.128. The third-order valence-corrected chi connectivity index (χ3v) is 8.51. The van der Waals surface area contributed by atoms with Crippen LogP contribution in [0.3, 0.4) is 0 Å². The van der Waals surface area contributed by atoms with Crippen molar-refractivity contribution < 1.29 is 0 Å². The molecule has 1 aliphatic rings. The fourth-order valence-corrected chi connectivity index (χ4v) is 4.38. The SMILES string of the molecule is BC1(C)C(C)C(C)(C)C(C)(C)C(B)(C)C1(C)C. The van der Waals surface area contributed by atoms with E-state index in [0.717, 1.165) is 0 Å². The van der Waals surface area contributed by atoms with E-state index in [0.29, 0.717) is 32.8 Å². The first kappa shape index (κ1) is 15.2. The van der Waals surface area contributed by atoms with Gasteiger partial charge in [0.1, 0.15) is 15.7 Å². The molecule has 0 radical (unpaired) electrons. The molecule has 1 fully saturated rings. The summed E-state index contributed by atoms with van der Waals surface area (Å²) >= 11 is 0. The fraction of sp³-hybridized carbons (Fsp3) is 1.00. The van der Waals surface area contributed by atoms with Gasteiger partial charge in [-0.15, -0.1) is 0 Å². The van der Waals surface area contributed by atoms with Crippen molar-refractivity contribution in [3.63, 3.8) is 0 Å². The van der Waals surface area contributed by atoms with E-state index in [1.54, 1.807) is 0 Å². The maximum Gasteiger partial charge on any atom is 0.110 e. The number of hydrogen-bond donors (Lipinski definition) is 0. The molecule has 0 aromatic heterocycles. The van der Waals surface area contributed by atoms with Gasteiger partial charge in [-0.2, -0.15) is 0 Å². The summed E-state index contributed by atoms with van der Waals surface area (Å²) < 4.78 is 0. The largest absolute Gasteiger partial charge is 0.110 e. The molecule has 0 aliphatic heterocycles. The molecule has 98 valence electrons. The van der Waals surface area contributed by atoms with E-state index in [9.17, 15) is 0 Å². The Morgan fingerprint density at radius 3 is 1.41 bits per heavy atom. The molecule has 0 spiro atoms. The van der Waals surface area contributed by atoms with E-state index < -0.39 is 0 Å². The molecule has 1 aliphatic carbocycles. The molecule has 0 nitrogen and oxygen atoms in total. The molecule has 0 aromatic carbocycles. The van der Waals surface area contributed by atoms with Crippen LogP contribution in [-0.2, 0) is 0 Å². The van der Waals surface area contributed by atoms with E-state index in [1.807, 2.05) is 0 Å². The normalized spacial score (nSPS) is 47.7. The van der Waals surface area contributed by atoms with Gasteiger partial charge in [-0.05, 0) is 22.2 Å². The zero-order valence-corrected chi connectivity index (χ0v) is 14.1. The Labute approximate surface area is 111 Å². The van der Waals surface area contributed by atoms with Gasteiger partial charge in [0.05, 0.1) is 0 Å². The third-order valence-electron chi connectivity index (χ3n) is 8.51. The average Bonchev–Trinajstić information content (AvgIpc) is 2.13. The minimum Gasteiger partial charge on any atom is -0.0662 e. The second kappa shape index (κ2) is 3.36. The maximum atomic E-state index is 2.47. The standard InChI is InChI=1S/C15H32B2/c1-10-11(2,3)12(4,5)15(9,17)13(6,7)14(10,8)16/h10H,16-17H2,1-9H3. The minimum atomic E-state index is 0.319. The molecule has 0 saturated heterocycles. The van der Waals surface area contributed by atoms with Gasteiger partial charge < -0.3 is 0 Å². The van der Waals surface area contributed by atoms with Gasteiger partial charge in [0, 0.05) is 0 Å². The zero-order valence-electron chi connectivity index (χ0n) is 14.1. The Bertz CT molecular complexity index is 292. The Kier molecular flexibility index (Phi) is 3.01. The summed E-state index contributed by atoms with van der Waals surface area (Å²) in [5.41, 5.74) is 1.02. The van der Waals surface area contributed by atoms with Crippen LogP contribution in [-0.4, -0.2) is 15.7 Å². The molecule has 1 rings (SSSR count). The van der Waals surface area contributed by atoms with Crippen molar-refractivity contribution >= 4 is 15.7 Å². The molecule has 0 bridgehead atoms. The molecule has 0 N–H and O–H groups in total. The second-order valence-electron chi connectivity index (χ2n) is 9.04. The summed E-state index contributed by atoms with van der Waals surface area (Å²) in [5.74, 6) is 0.716. The van der Waals surface area contributed by atoms with Crippen molar-refractivity contribution in [2.24, 2.45) is 22.2 Å². The van der Waals surface area contributed by atoms with Crippen LogP contribution in [0.25, 0.3) is 0 Å². The van der Waals surface area contributed by atoms with Gasteiger partial charge in [0.25, 0.3) is 0 Å². The van der Waals surface area contributed by atoms with Gasteiger partial charge in [-0.25, -0.2) is 0 Å². The highest BCUT2D eigenvalue weighted by Gasteiger charge is 2.66. The van der Waals surface area contributed by atoms with Crippen molar-refractivity contribution in [3.8, 4) is 0 Å². The Balaban J connectivity index is 3.56. The molecule has 0 aromatic rings. The van der Waals surface area contributed by atoms with E-state index in [-0.39, 0.29) is 0 Å². The smallest absolute Gasteiger partial charge is 0.0662 e. The van der Waals surface area contributed by atoms with Gasteiger partial charge >= 0.3 is 0 Å². The highest BCUT2D eigenvalue weighted by Crippen LogP contribution is 2.78. The van der Waals surface area contributed by atoms with Gasteiger partial charge in [-0.1, -0.05) is 72.9 Å². The second-order valence-corrected chi connectivity index (χ2v) is 9.04. The van der Waals surface area contributed by atoms with Crippen molar-refractivity contribution in [1.29, 1.82) is 0 Å². The highest BCUT2D eigenvalue weighted by molar-refractivity contribution is 6.20. The Hall–Kier alpha value is 0.130. The monoisotopic (exact) mass is 234 g/mol. The molecular formula is C15H32B2. The van der Waals surface area contributed by atoms with Crippen LogP contribution in [0, 0.1) is 22.2 Å². The summed E-state index contributed by atoms with van der Waals surface area (Å²) in [6.07, 6.45) is 0. The molecule has 0 amide bonds. The molecule has 17 heavy (non-hydrogen) atoms. The van der Waals surface area contributed by atoms with Crippen molar-refractivity contribution in [2.45, 2.75) is 72.9 Å². The third kappa shape index (κ3) is 1.39. The molecule has 3 atom stereocenters. The van der Waals surface area contributed by atoms with Gasteiger partial charge in [0.15, 0.2) is 0 Å². The first-order valence-electron chi connectivity index (χ1n) is 7.15. The van der Waals surface area contributed by atoms with E-state index in [4.69, 9.17) is 0 Å². The quantitative estimate of drug-likeness (QED) is 0.564. The van der Waals surface area contributed by atoms with Crippen LogP contribution in [0.4, 0.5) is 0 Å². The lowest BCUT2D eigenvalue weighted by Gasteiger charge is -2.73. The summed E-state index contributed by atoms with van der Waals surface area (Å²) in [4.78, 5) is 0. The Morgan fingerprint density at radius 2 is 1.06 bits per heavy atom. The fourth-order valence-electron chi connectivity index (χ4n) is 4.38. The number of rotatable bonds is 0. The van der Waals surface area contributed by atoms with Crippen LogP contribution in [0.5, 0.6) is 0 Å². The van der Waals surface area contributed by atoms with E-state index >= 15 is 0 Å². The van der Waals surface area contributed by atoms with Crippen LogP contribution in [0.15, 0.2) is 0 Å². The number of hydrogen-bond acceptors (Lipinski definition) is 0. The van der Waals surface area contributed by atoms with Gasteiger partial charge in [-0.3, -0.25) is 0 Å². The van der Waals surface area contributed by atoms with Gasteiger partial charge in [0.2, 0.25) is 0 Å². The summed E-state index contributed by atoms with van der Waals surface area (Å²) in [6.45, 7) is 22.2. The molecule has 2 heteroatoms.